The molecule has 0 fully saturated rings. The molecule has 1 unspecified atom stereocenters. The third-order valence-corrected chi connectivity index (χ3v) is 4.85. The molecule has 2 aliphatic rings. The van der Waals surface area contributed by atoms with Crippen molar-refractivity contribution in [3.8, 4) is 5.75 Å². The van der Waals surface area contributed by atoms with Crippen molar-refractivity contribution in [3.63, 3.8) is 0 Å². The van der Waals surface area contributed by atoms with Crippen molar-refractivity contribution in [2.75, 3.05) is 13.2 Å². The molecule has 1 atom stereocenters. The van der Waals surface area contributed by atoms with E-state index in [1.54, 1.807) is 0 Å². The Hall–Kier alpha value is -2.57. The van der Waals surface area contributed by atoms with Gasteiger partial charge in [-0.2, -0.15) is 0 Å². The van der Waals surface area contributed by atoms with Crippen molar-refractivity contribution < 1.29 is 9.53 Å². The number of carbonyl (C=O) groups excluding carboxylic acids is 1. The molecular formula is C18H23N5O2. The van der Waals surface area contributed by atoms with E-state index in [9.17, 15) is 4.79 Å². The van der Waals surface area contributed by atoms with Gasteiger partial charge in [-0.25, -0.2) is 4.79 Å². The van der Waals surface area contributed by atoms with Gasteiger partial charge in [0.2, 0.25) is 0 Å². The number of amides is 2. The molecule has 2 amide bonds. The first-order chi connectivity index (χ1) is 12.3. The van der Waals surface area contributed by atoms with Gasteiger partial charge in [0.25, 0.3) is 0 Å². The van der Waals surface area contributed by atoms with Gasteiger partial charge in [-0.3, -0.25) is 0 Å². The number of rotatable bonds is 4. The molecular weight excluding hydrogens is 318 g/mol. The number of benzene rings is 1. The van der Waals surface area contributed by atoms with Crippen LogP contribution in [0.4, 0.5) is 4.79 Å². The lowest BCUT2D eigenvalue weighted by molar-refractivity contribution is 0.211. The molecule has 0 saturated heterocycles. The number of urea groups is 1. The van der Waals surface area contributed by atoms with Crippen LogP contribution in [-0.4, -0.2) is 33.9 Å². The summed E-state index contributed by atoms with van der Waals surface area (Å²) >= 11 is 0. The Balaban J connectivity index is 1.24. The number of nitrogens with one attached hydrogen (secondary N) is 2. The average Bonchev–Trinajstić information content (AvgIpc) is 3.08. The van der Waals surface area contributed by atoms with Crippen LogP contribution in [0.3, 0.4) is 0 Å². The van der Waals surface area contributed by atoms with Crippen LogP contribution in [0.15, 0.2) is 24.3 Å². The summed E-state index contributed by atoms with van der Waals surface area (Å²) in [6, 6.07) is 7.89. The summed E-state index contributed by atoms with van der Waals surface area (Å²) in [5.74, 6) is 3.11. The molecule has 3 heterocycles. The second-order valence-corrected chi connectivity index (χ2v) is 6.69. The smallest absolute Gasteiger partial charge is 0.315 e. The Bertz CT molecular complexity index is 758. The zero-order valence-electron chi connectivity index (χ0n) is 14.2. The summed E-state index contributed by atoms with van der Waals surface area (Å²) in [5.41, 5.74) is 1.20. The normalized spacial score (nSPS) is 18.6. The van der Waals surface area contributed by atoms with Gasteiger partial charge in [-0.1, -0.05) is 18.2 Å². The van der Waals surface area contributed by atoms with Crippen molar-refractivity contribution >= 4 is 6.03 Å². The summed E-state index contributed by atoms with van der Waals surface area (Å²) in [6.45, 7) is 2.58. The van der Waals surface area contributed by atoms with Gasteiger partial charge in [-0.15, -0.1) is 10.2 Å². The second-order valence-electron chi connectivity index (χ2n) is 6.69. The lowest BCUT2D eigenvalue weighted by atomic mass is 9.97. The fourth-order valence-corrected chi connectivity index (χ4v) is 3.48. The molecule has 1 aromatic heterocycles. The molecule has 0 radical (unpaired) electrons. The highest BCUT2D eigenvalue weighted by Crippen LogP contribution is 2.26. The number of hydrogen-bond acceptors (Lipinski definition) is 4. The Morgan fingerprint density at radius 2 is 2.16 bits per heavy atom. The molecule has 0 spiro atoms. The van der Waals surface area contributed by atoms with E-state index in [-0.39, 0.29) is 6.03 Å². The number of ether oxygens (including phenoxy) is 1. The van der Waals surface area contributed by atoms with Crippen molar-refractivity contribution in [3.05, 3.63) is 41.5 Å². The van der Waals surface area contributed by atoms with Gasteiger partial charge in [0.1, 0.15) is 11.6 Å². The number of aromatic nitrogens is 3. The Morgan fingerprint density at radius 3 is 3.12 bits per heavy atom. The number of para-hydroxylation sites is 1. The lowest BCUT2D eigenvalue weighted by Crippen LogP contribution is -2.40. The molecule has 25 heavy (non-hydrogen) atoms. The van der Waals surface area contributed by atoms with E-state index in [1.165, 1.54) is 12.0 Å². The van der Waals surface area contributed by atoms with Crippen LogP contribution >= 0.6 is 0 Å². The van der Waals surface area contributed by atoms with E-state index < -0.39 is 0 Å². The number of aryl methyl sites for hydroxylation is 1. The van der Waals surface area contributed by atoms with E-state index in [0.717, 1.165) is 43.2 Å². The largest absolute Gasteiger partial charge is 0.493 e. The predicted molar refractivity (Wildman–Crippen MR) is 92.3 cm³/mol. The minimum Gasteiger partial charge on any atom is -0.493 e. The summed E-state index contributed by atoms with van der Waals surface area (Å²) in [4.78, 5) is 12.1. The van der Waals surface area contributed by atoms with Gasteiger partial charge in [0.05, 0.1) is 13.2 Å². The fraction of sp³-hybridized carbons (Fsp3) is 0.500. The van der Waals surface area contributed by atoms with Gasteiger partial charge in [-0.05, 0) is 30.9 Å². The van der Waals surface area contributed by atoms with Crippen LogP contribution in [0, 0.1) is 5.92 Å². The first kappa shape index (κ1) is 15.9. The zero-order valence-corrected chi connectivity index (χ0v) is 14.2. The van der Waals surface area contributed by atoms with Crippen molar-refractivity contribution in [1.29, 1.82) is 0 Å². The first-order valence-corrected chi connectivity index (χ1v) is 8.93. The molecule has 2 N–H and O–H groups in total. The fourth-order valence-electron chi connectivity index (χ4n) is 3.48. The topological polar surface area (TPSA) is 81.1 Å². The van der Waals surface area contributed by atoms with Gasteiger partial charge in [0.15, 0.2) is 5.82 Å². The lowest BCUT2D eigenvalue weighted by Gasteiger charge is -2.25. The predicted octanol–water partition coefficient (Wildman–Crippen LogP) is 1.66. The van der Waals surface area contributed by atoms with E-state index in [2.05, 4.69) is 31.5 Å². The van der Waals surface area contributed by atoms with Crippen LogP contribution < -0.4 is 15.4 Å². The van der Waals surface area contributed by atoms with Gasteiger partial charge < -0.3 is 19.9 Å². The quantitative estimate of drug-likeness (QED) is 0.886. The molecule has 1 aromatic carbocycles. The molecule has 0 saturated carbocycles. The van der Waals surface area contributed by atoms with Crippen LogP contribution in [0.5, 0.6) is 5.75 Å². The van der Waals surface area contributed by atoms with Gasteiger partial charge >= 0.3 is 6.03 Å². The standard InChI is InChI=1S/C18H23N5O2/c24-18(20-11-17-22-21-16-7-3-4-8-23(16)17)19-10-13-9-14-5-1-2-6-15(14)25-12-13/h1-2,5-6,13H,3-4,7-12H2,(H2,19,20,24). The minimum atomic E-state index is -0.174. The Morgan fingerprint density at radius 1 is 1.24 bits per heavy atom. The second kappa shape index (κ2) is 7.13. The van der Waals surface area contributed by atoms with Gasteiger partial charge in [0, 0.05) is 25.4 Å². The molecule has 4 rings (SSSR count). The highest BCUT2D eigenvalue weighted by atomic mass is 16.5. The number of nitrogens with zero attached hydrogens (tertiary/aromatic N) is 3. The summed E-state index contributed by atoms with van der Waals surface area (Å²) < 4.78 is 7.88. The SMILES string of the molecule is O=C(NCc1nnc2n1CCCC2)NCC1COc2ccccc2C1. The highest BCUT2D eigenvalue weighted by molar-refractivity contribution is 5.73. The van der Waals surface area contributed by atoms with E-state index >= 15 is 0 Å². The molecule has 0 aliphatic carbocycles. The Labute approximate surface area is 146 Å². The third-order valence-electron chi connectivity index (χ3n) is 4.85. The average molecular weight is 341 g/mol. The minimum absolute atomic E-state index is 0.174. The number of hydrogen-bond donors (Lipinski definition) is 2. The summed E-state index contributed by atoms with van der Waals surface area (Å²) in [6.07, 6.45) is 4.21. The van der Waals surface area contributed by atoms with Crippen LogP contribution in [-0.2, 0) is 25.9 Å². The van der Waals surface area contributed by atoms with E-state index in [4.69, 9.17) is 4.74 Å². The molecule has 2 aliphatic heterocycles. The van der Waals surface area contributed by atoms with E-state index in [0.29, 0.717) is 25.6 Å². The highest BCUT2D eigenvalue weighted by Gasteiger charge is 2.20. The third kappa shape index (κ3) is 3.60. The molecule has 0 bridgehead atoms. The molecule has 7 nitrogen and oxygen atoms in total. The Kier molecular flexibility index (Phi) is 4.54. The monoisotopic (exact) mass is 341 g/mol. The first-order valence-electron chi connectivity index (χ1n) is 8.93. The molecule has 7 heteroatoms. The maximum Gasteiger partial charge on any atom is 0.315 e. The van der Waals surface area contributed by atoms with Crippen LogP contribution in [0.1, 0.15) is 30.1 Å². The van der Waals surface area contributed by atoms with E-state index in [1.807, 2.05) is 18.2 Å². The summed E-state index contributed by atoms with van der Waals surface area (Å²) in [5, 5.41) is 14.2. The summed E-state index contributed by atoms with van der Waals surface area (Å²) in [7, 11) is 0. The van der Waals surface area contributed by atoms with Crippen LogP contribution in [0.25, 0.3) is 0 Å². The maximum atomic E-state index is 12.1. The zero-order chi connectivity index (χ0) is 17.1. The van der Waals surface area contributed by atoms with Crippen molar-refractivity contribution in [2.45, 2.75) is 38.8 Å². The van der Waals surface area contributed by atoms with Crippen molar-refractivity contribution in [1.82, 2.24) is 25.4 Å². The van der Waals surface area contributed by atoms with Crippen LogP contribution in [0.2, 0.25) is 0 Å². The maximum absolute atomic E-state index is 12.1. The molecule has 132 valence electrons. The number of fused-ring (bicyclic) bond motifs is 2. The number of carbonyl (C=O) groups is 1. The van der Waals surface area contributed by atoms with Crippen molar-refractivity contribution in [2.24, 2.45) is 5.92 Å². The molecule has 2 aromatic rings.